The second kappa shape index (κ2) is 6.26. The molecule has 0 unspecified atom stereocenters. The fourth-order valence-corrected chi connectivity index (χ4v) is 2.24. The highest BCUT2D eigenvalue weighted by Crippen LogP contribution is 2.17. The highest BCUT2D eigenvalue weighted by molar-refractivity contribution is 5.94. The molecule has 1 heterocycles. The first kappa shape index (κ1) is 14.1. The number of benzene rings is 2. The van der Waals surface area contributed by atoms with Gasteiger partial charge in [-0.15, -0.1) is 0 Å². The summed E-state index contributed by atoms with van der Waals surface area (Å²) in [6.07, 6.45) is 1.83. The predicted octanol–water partition coefficient (Wildman–Crippen LogP) is 3.61. The Hall–Kier alpha value is -2.88. The highest BCUT2D eigenvalue weighted by atomic mass is 16.1. The van der Waals surface area contributed by atoms with E-state index in [2.05, 4.69) is 10.4 Å². The molecule has 1 aromatic heterocycles. The van der Waals surface area contributed by atoms with E-state index < -0.39 is 0 Å². The summed E-state index contributed by atoms with van der Waals surface area (Å²) in [5, 5.41) is 7.24. The number of nitrogens with one attached hydrogen (secondary N) is 1. The van der Waals surface area contributed by atoms with Crippen LogP contribution in [0.15, 0.2) is 72.9 Å². The van der Waals surface area contributed by atoms with Gasteiger partial charge in [-0.3, -0.25) is 4.79 Å². The van der Waals surface area contributed by atoms with Gasteiger partial charge in [-0.1, -0.05) is 48.5 Å². The predicted molar refractivity (Wildman–Crippen MR) is 87.1 cm³/mol. The summed E-state index contributed by atoms with van der Waals surface area (Å²) in [7, 11) is 0. The number of hydrogen-bond acceptors (Lipinski definition) is 2. The Labute approximate surface area is 129 Å². The summed E-state index contributed by atoms with van der Waals surface area (Å²) in [6.45, 7) is 1.89. The Bertz CT molecular complexity index is 750. The maximum Gasteiger partial charge on any atom is 0.232 e. The SMILES string of the molecule is C[C@H](C(=O)Nc1ccn(-c2ccccc2)n1)c1ccccc1. The van der Waals surface area contributed by atoms with Gasteiger partial charge in [-0.25, -0.2) is 4.68 Å². The zero-order chi connectivity index (χ0) is 15.4. The maximum atomic E-state index is 12.3. The topological polar surface area (TPSA) is 46.9 Å². The molecule has 0 saturated heterocycles. The Kier molecular flexibility index (Phi) is 4.01. The van der Waals surface area contributed by atoms with Crippen molar-refractivity contribution >= 4 is 11.7 Å². The summed E-state index contributed by atoms with van der Waals surface area (Å²) in [6, 6.07) is 21.3. The molecule has 1 atom stereocenters. The molecule has 0 aliphatic heterocycles. The number of anilines is 1. The molecule has 1 amide bonds. The third kappa shape index (κ3) is 3.06. The fourth-order valence-electron chi connectivity index (χ4n) is 2.24. The Balaban J connectivity index is 1.71. The average Bonchev–Trinajstić information content (AvgIpc) is 3.04. The zero-order valence-corrected chi connectivity index (χ0v) is 12.3. The van der Waals surface area contributed by atoms with E-state index in [0.717, 1.165) is 11.3 Å². The lowest BCUT2D eigenvalue weighted by Gasteiger charge is -2.10. The molecule has 22 heavy (non-hydrogen) atoms. The van der Waals surface area contributed by atoms with Crippen LogP contribution in [0.3, 0.4) is 0 Å². The van der Waals surface area contributed by atoms with Gasteiger partial charge in [-0.05, 0) is 24.6 Å². The quantitative estimate of drug-likeness (QED) is 0.798. The van der Waals surface area contributed by atoms with Crippen molar-refractivity contribution in [2.24, 2.45) is 0 Å². The van der Waals surface area contributed by atoms with Crippen molar-refractivity contribution < 1.29 is 4.79 Å². The van der Waals surface area contributed by atoms with Crippen LogP contribution in [0.5, 0.6) is 0 Å². The standard InChI is InChI=1S/C18H17N3O/c1-14(15-8-4-2-5-9-15)18(22)19-17-12-13-21(20-17)16-10-6-3-7-11-16/h2-14H,1H3,(H,19,20,22)/t14-/m0/s1. The smallest absolute Gasteiger partial charge is 0.232 e. The number of carbonyl (C=O) groups excluding carboxylic acids is 1. The van der Waals surface area contributed by atoms with Crippen molar-refractivity contribution in [2.75, 3.05) is 5.32 Å². The second-order valence-electron chi connectivity index (χ2n) is 5.10. The number of carbonyl (C=O) groups is 1. The van der Waals surface area contributed by atoms with E-state index in [1.54, 1.807) is 10.7 Å². The van der Waals surface area contributed by atoms with Crippen LogP contribution in [0.25, 0.3) is 5.69 Å². The number of aromatic nitrogens is 2. The van der Waals surface area contributed by atoms with Crippen LogP contribution in [0.1, 0.15) is 18.4 Å². The lowest BCUT2D eigenvalue weighted by atomic mass is 10.0. The van der Waals surface area contributed by atoms with E-state index in [4.69, 9.17) is 0 Å². The van der Waals surface area contributed by atoms with Gasteiger partial charge in [-0.2, -0.15) is 5.10 Å². The molecule has 4 heteroatoms. The third-order valence-corrected chi connectivity index (χ3v) is 3.55. The van der Waals surface area contributed by atoms with Crippen molar-refractivity contribution in [2.45, 2.75) is 12.8 Å². The number of rotatable bonds is 4. The minimum atomic E-state index is -0.219. The molecule has 0 aliphatic carbocycles. The number of nitrogens with zero attached hydrogens (tertiary/aromatic N) is 2. The van der Waals surface area contributed by atoms with Crippen molar-refractivity contribution in [1.82, 2.24) is 9.78 Å². The Morgan fingerprint density at radius 1 is 1.00 bits per heavy atom. The van der Waals surface area contributed by atoms with Crippen LogP contribution in [-0.2, 0) is 4.79 Å². The van der Waals surface area contributed by atoms with Crippen molar-refractivity contribution in [3.63, 3.8) is 0 Å². The molecular formula is C18H17N3O. The summed E-state index contributed by atoms with van der Waals surface area (Å²) in [5.74, 6) is 0.268. The minimum Gasteiger partial charge on any atom is -0.309 e. The molecule has 0 bridgehead atoms. The van der Waals surface area contributed by atoms with Gasteiger partial charge >= 0.3 is 0 Å². The molecule has 0 aliphatic rings. The normalized spacial score (nSPS) is 11.9. The van der Waals surface area contributed by atoms with Gasteiger partial charge in [0.2, 0.25) is 5.91 Å². The lowest BCUT2D eigenvalue weighted by Crippen LogP contribution is -2.19. The van der Waals surface area contributed by atoms with E-state index in [9.17, 15) is 4.79 Å². The van der Waals surface area contributed by atoms with Crippen LogP contribution in [0.4, 0.5) is 5.82 Å². The molecule has 0 fully saturated rings. The van der Waals surface area contributed by atoms with Crippen LogP contribution in [0, 0.1) is 0 Å². The molecule has 0 saturated carbocycles. The highest BCUT2D eigenvalue weighted by Gasteiger charge is 2.15. The molecular weight excluding hydrogens is 274 g/mol. The number of hydrogen-bond donors (Lipinski definition) is 1. The largest absolute Gasteiger partial charge is 0.309 e. The minimum absolute atomic E-state index is 0.0653. The first-order valence-electron chi connectivity index (χ1n) is 7.21. The van der Waals surface area contributed by atoms with Crippen molar-refractivity contribution in [3.8, 4) is 5.69 Å². The summed E-state index contributed by atoms with van der Waals surface area (Å²) in [4.78, 5) is 12.3. The van der Waals surface area contributed by atoms with Crippen molar-refractivity contribution in [3.05, 3.63) is 78.5 Å². The molecule has 1 N–H and O–H groups in total. The summed E-state index contributed by atoms with van der Waals surface area (Å²) >= 11 is 0. The average molecular weight is 291 g/mol. The van der Waals surface area contributed by atoms with Crippen LogP contribution >= 0.6 is 0 Å². The zero-order valence-electron chi connectivity index (χ0n) is 12.3. The van der Waals surface area contributed by atoms with Crippen LogP contribution in [0.2, 0.25) is 0 Å². The molecule has 2 aromatic carbocycles. The van der Waals surface area contributed by atoms with Gasteiger partial charge in [0.25, 0.3) is 0 Å². The lowest BCUT2D eigenvalue weighted by molar-refractivity contribution is -0.117. The first-order chi connectivity index (χ1) is 10.7. The molecule has 0 radical (unpaired) electrons. The molecule has 3 rings (SSSR count). The van der Waals surface area contributed by atoms with E-state index in [1.807, 2.05) is 73.8 Å². The molecule has 4 nitrogen and oxygen atoms in total. The van der Waals surface area contributed by atoms with Gasteiger partial charge in [0.15, 0.2) is 5.82 Å². The van der Waals surface area contributed by atoms with Crippen molar-refractivity contribution in [1.29, 1.82) is 0 Å². The third-order valence-electron chi connectivity index (χ3n) is 3.55. The monoisotopic (exact) mass is 291 g/mol. The van der Waals surface area contributed by atoms with Gasteiger partial charge in [0.1, 0.15) is 0 Å². The van der Waals surface area contributed by atoms with Crippen LogP contribution in [-0.4, -0.2) is 15.7 Å². The fraction of sp³-hybridized carbons (Fsp3) is 0.111. The number of amides is 1. The van der Waals surface area contributed by atoms with Gasteiger partial charge < -0.3 is 5.32 Å². The summed E-state index contributed by atoms with van der Waals surface area (Å²) in [5.41, 5.74) is 1.95. The second-order valence-corrected chi connectivity index (χ2v) is 5.10. The Morgan fingerprint density at radius 2 is 1.64 bits per heavy atom. The molecule has 0 spiro atoms. The van der Waals surface area contributed by atoms with E-state index in [0.29, 0.717) is 5.82 Å². The summed E-state index contributed by atoms with van der Waals surface area (Å²) < 4.78 is 1.74. The van der Waals surface area contributed by atoms with E-state index in [-0.39, 0.29) is 11.8 Å². The van der Waals surface area contributed by atoms with E-state index >= 15 is 0 Å². The molecule has 110 valence electrons. The molecule has 3 aromatic rings. The van der Waals surface area contributed by atoms with Crippen LogP contribution < -0.4 is 5.32 Å². The maximum absolute atomic E-state index is 12.3. The van der Waals surface area contributed by atoms with Gasteiger partial charge in [0.05, 0.1) is 11.6 Å². The number of para-hydroxylation sites is 1. The Morgan fingerprint density at radius 3 is 2.32 bits per heavy atom. The van der Waals surface area contributed by atoms with Gasteiger partial charge in [0, 0.05) is 12.3 Å². The first-order valence-corrected chi connectivity index (χ1v) is 7.21. The van der Waals surface area contributed by atoms with E-state index in [1.165, 1.54) is 0 Å².